The van der Waals surface area contributed by atoms with Gasteiger partial charge in [-0.1, -0.05) is 12.1 Å². The monoisotopic (exact) mass is 291 g/mol. The standard InChI is InChI=1S/C15H18FN3O2/c16-12-6-4-5-11(9-12)10-14(20)19-13(15(18)21)7-2-1-3-8-17/h4-6,9,13H,1-3,7,10H2,(H2,18,21)(H,19,20)/t13-/m0/s1. The Kier molecular flexibility index (Phi) is 6.88. The summed E-state index contributed by atoms with van der Waals surface area (Å²) in [6, 6.07) is 6.97. The van der Waals surface area contributed by atoms with Crippen molar-refractivity contribution in [2.45, 2.75) is 38.1 Å². The van der Waals surface area contributed by atoms with Crippen LogP contribution in [0.1, 0.15) is 31.2 Å². The predicted octanol–water partition coefficient (Wildman–Crippen LogP) is 1.42. The summed E-state index contributed by atoms with van der Waals surface area (Å²) in [5.74, 6) is -1.41. The van der Waals surface area contributed by atoms with Gasteiger partial charge < -0.3 is 11.1 Å². The van der Waals surface area contributed by atoms with E-state index in [1.54, 1.807) is 6.07 Å². The first-order valence-corrected chi connectivity index (χ1v) is 6.73. The Bertz CT molecular complexity index is 540. The van der Waals surface area contributed by atoms with Crippen LogP contribution in [0.15, 0.2) is 24.3 Å². The number of benzene rings is 1. The second kappa shape index (κ2) is 8.69. The molecular formula is C15H18FN3O2. The van der Waals surface area contributed by atoms with Gasteiger partial charge in [-0.3, -0.25) is 9.59 Å². The number of nitriles is 1. The highest BCUT2D eigenvalue weighted by Gasteiger charge is 2.17. The first-order valence-electron chi connectivity index (χ1n) is 6.73. The third kappa shape index (κ3) is 6.52. The van der Waals surface area contributed by atoms with Gasteiger partial charge in [0.2, 0.25) is 11.8 Å². The van der Waals surface area contributed by atoms with Gasteiger partial charge in [0.05, 0.1) is 12.5 Å². The van der Waals surface area contributed by atoms with E-state index in [4.69, 9.17) is 11.0 Å². The molecule has 1 rings (SSSR count). The van der Waals surface area contributed by atoms with E-state index in [0.717, 1.165) is 0 Å². The van der Waals surface area contributed by atoms with Gasteiger partial charge >= 0.3 is 0 Å². The minimum Gasteiger partial charge on any atom is -0.368 e. The third-order valence-corrected chi connectivity index (χ3v) is 2.96. The molecule has 0 bridgehead atoms. The molecule has 6 heteroatoms. The summed E-state index contributed by atoms with van der Waals surface area (Å²) in [6.07, 6.45) is 2.07. The number of nitrogens with one attached hydrogen (secondary N) is 1. The van der Waals surface area contributed by atoms with Crippen molar-refractivity contribution in [3.05, 3.63) is 35.6 Å². The lowest BCUT2D eigenvalue weighted by atomic mass is 10.1. The molecule has 2 amide bonds. The molecule has 0 heterocycles. The molecule has 0 aliphatic rings. The second-order valence-electron chi connectivity index (χ2n) is 4.73. The highest BCUT2D eigenvalue weighted by molar-refractivity contribution is 5.87. The highest BCUT2D eigenvalue weighted by atomic mass is 19.1. The molecule has 21 heavy (non-hydrogen) atoms. The summed E-state index contributed by atoms with van der Waals surface area (Å²) in [7, 11) is 0. The fourth-order valence-electron chi connectivity index (χ4n) is 1.92. The lowest BCUT2D eigenvalue weighted by Crippen LogP contribution is -2.44. The van der Waals surface area contributed by atoms with Gasteiger partial charge in [0.1, 0.15) is 11.9 Å². The number of carbonyl (C=O) groups is 2. The molecule has 5 nitrogen and oxygen atoms in total. The Labute approximate surface area is 122 Å². The molecule has 0 aromatic heterocycles. The van der Waals surface area contributed by atoms with Crippen molar-refractivity contribution < 1.29 is 14.0 Å². The summed E-state index contributed by atoms with van der Waals surface area (Å²) in [6.45, 7) is 0. The average molecular weight is 291 g/mol. The Morgan fingerprint density at radius 2 is 2.14 bits per heavy atom. The van der Waals surface area contributed by atoms with Crippen LogP contribution in [0.4, 0.5) is 4.39 Å². The molecule has 0 spiro atoms. The molecule has 0 saturated carbocycles. The largest absolute Gasteiger partial charge is 0.368 e. The summed E-state index contributed by atoms with van der Waals surface area (Å²) in [5, 5.41) is 11.0. The zero-order valence-electron chi connectivity index (χ0n) is 11.6. The van der Waals surface area contributed by atoms with Crippen molar-refractivity contribution >= 4 is 11.8 Å². The van der Waals surface area contributed by atoms with E-state index < -0.39 is 17.8 Å². The predicted molar refractivity (Wildman–Crippen MR) is 75.3 cm³/mol. The third-order valence-electron chi connectivity index (χ3n) is 2.96. The van der Waals surface area contributed by atoms with Crippen LogP contribution in [0.2, 0.25) is 0 Å². The molecule has 1 aromatic carbocycles. The fraction of sp³-hybridized carbons (Fsp3) is 0.400. The van der Waals surface area contributed by atoms with Crippen molar-refractivity contribution in [2.75, 3.05) is 0 Å². The quantitative estimate of drug-likeness (QED) is 0.709. The van der Waals surface area contributed by atoms with Gasteiger partial charge in [-0.2, -0.15) is 5.26 Å². The normalized spacial score (nSPS) is 11.4. The highest BCUT2D eigenvalue weighted by Crippen LogP contribution is 2.06. The van der Waals surface area contributed by atoms with E-state index in [1.165, 1.54) is 18.2 Å². The number of carbonyl (C=O) groups excluding carboxylic acids is 2. The minimum atomic E-state index is -0.759. The van der Waals surface area contributed by atoms with Gasteiger partial charge in [-0.25, -0.2) is 4.39 Å². The minimum absolute atomic E-state index is 0.0142. The van der Waals surface area contributed by atoms with Crippen LogP contribution in [0.5, 0.6) is 0 Å². The number of amides is 2. The van der Waals surface area contributed by atoms with Crippen LogP contribution < -0.4 is 11.1 Å². The molecule has 1 aromatic rings. The first-order chi connectivity index (χ1) is 10.0. The lowest BCUT2D eigenvalue weighted by molar-refractivity contribution is -0.127. The van der Waals surface area contributed by atoms with Crippen LogP contribution in [0.25, 0.3) is 0 Å². The Hall–Kier alpha value is -2.42. The van der Waals surface area contributed by atoms with Gasteiger partial charge in [-0.05, 0) is 37.0 Å². The molecule has 0 saturated heterocycles. The van der Waals surface area contributed by atoms with Crippen LogP contribution in [-0.2, 0) is 16.0 Å². The van der Waals surface area contributed by atoms with Crippen molar-refractivity contribution in [3.63, 3.8) is 0 Å². The van der Waals surface area contributed by atoms with Crippen LogP contribution in [-0.4, -0.2) is 17.9 Å². The van der Waals surface area contributed by atoms with Gasteiger partial charge in [0.25, 0.3) is 0 Å². The van der Waals surface area contributed by atoms with Crippen molar-refractivity contribution in [1.82, 2.24) is 5.32 Å². The van der Waals surface area contributed by atoms with Crippen LogP contribution in [0, 0.1) is 17.1 Å². The molecule has 3 N–H and O–H groups in total. The number of unbranched alkanes of at least 4 members (excludes halogenated alkanes) is 2. The van der Waals surface area contributed by atoms with Gasteiger partial charge in [-0.15, -0.1) is 0 Å². The molecular weight excluding hydrogens is 273 g/mol. The molecule has 0 fully saturated rings. The van der Waals surface area contributed by atoms with Crippen LogP contribution in [0.3, 0.4) is 0 Å². The smallest absolute Gasteiger partial charge is 0.239 e. The molecule has 0 radical (unpaired) electrons. The molecule has 0 aliphatic heterocycles. The molecule has 0 aliphatic carbocycles. The number of hydrogen-bond acceptors (Lipinski definition) is 3. The number of halogens is 1. The zero-order chi connectivity index (χ0) is 15.7. The van der Waals surface area contributed by atoms with Crippen LogP contribution >= 0.6 is 0 Å². The van der Waals surface area contributed by atoms with E-state index in [2.05, 4.69) is 5.32 Å². The number of nitrogens with two attached hydrogens (primary N) is 1. The van der Waals surface area contributed by atoms with Crippen molar-refractivity contribution in [1.29, 1.82) is 5.26 Å². The maximum absolute atomic E-state index is 13.0. The van der Waals surface area contributed by atoms with Gasteiger partial charge in [0, 0.05) is 6.42 Å². The Balaban J connectivity index is 2.49. The lowest BCUT2D eigenvalue weighted by Gasteiger charge is -2.15. The van der Waals surface area contributed by atoms with E-state index in [-0.39, 0.29) is 12.3 Å². The molecule has 112 valence electrons. The maximum atomic E-state index is 13.0. The van der Waals surface area contributed by atoms with E-state index in [9.17, 15) is 14.0 Å². The van der Waals surface area contributed by atoms with Crippen molar-refractivity contribution in [2.24, 2.45) is 5.73 Å². The zero-order valence-corrected chi connectivity index (χ0v) is 11.6. The maximum Gasteiger partial charge on any atom is 0.239 e. The molecule has 0 unspecified atom stereocenters. The second-order valence-corrected chi connectivity index (χ2v) is 4.73. The SMILES string of the molecule is N#CCCCC[C@H](NC(=O)Cc1cccc(F)c1)C(N)=O. The first kappa shape index (κ1) is 16.6. The summed E-state index contributed by atoms with van der Waals surface area (Å²) >= 11 is 0. The fourth-order valence-corrected chi connectivity index (χ4v) is 1.92. The van der Waals surface area contributed by atoms with E-state index in [1.807, 2.05) is 6.07 Å². The summed E-state index contributed by atoms with van der Waals surface area (Å²) in [4.78, 5) is 23.1. The topological polar surface area (TPSA) is 96.0 Å². The average Bonchev–Trinajstić information content (AvgIpc) is 2.42. The number of rotatable bonds is 8. The summed E-state index contributed by atoms with van der Waals surface area (Å²) < 4.78 is 13.0. The Morgan fingerprint density at radius 1 is 1.38 bits per heavy atom. The number of nitrogens with zero attached hydrogens (tertiary/aromatic N) is 1. The Morgan fingerprint density at radius 3 is 2.76 bits per heavy atom. The van der Waals surface area contributed by atoms with Crippen molar-refractivity contribution in [3.8, 4) is 6.07 Å². The van der Waals surface area contributed by atoms with E-state index >= 15 is 0 Å². The number of primary amides is 1. The number of hydrogen-bond donors (Lipinski definition) is 2. The summed E-state index contributed by atoms with van der Waals surface area (Å²) in [5.41, 5.74) is 5.77. The molecule has 1 atom stereocenters. The van der Waals surface area contributed by atoms with E-state index in [0.29, 0.717) is 31.2 Å². The van der Waals surface area contributed by atoms with Gasteiger partial charge in [0.15, 0.2) is 0 Å².